The molecule has 2 aliphatic rings. The Morgan fingerprint density at radius 2 is 1.87 bits per heavy atom. The Labute approximate surface area is 144 Å². The Bertz CT molecular complexity index is 520. The standard InChI is InChI=1S/C19H27ClN2O/c20-18-8-4-3-7-17(18)15-21-11-13-22(14-12-21)19(23)10-9-16-5-1-2-6-16/h3-4,7-8,16H,1-2,5-6,9-15H2/p+1. The Hall–Kier alpha value is -1.06. The van der Waals surface area contributed by atoms with Crippen molar-refractivity contribution in [3.63, 3.8) is 0 Å². The van der Waals surface area contributed by atoms with Gasteiger partial charge in [-0.15, -0.1) is 0 Å². The second-order valence-corrected chi connectivity index (χ2v) is 7.50. The van der Waals surface area contributed by atoms with Crippen LogP contribution in [0.5, 0.6) is 0 Å². The van der Waals surface area contributed by atoms with Crippen molar-refractivity contribution in [2.75, 3.05) is 26.2 Å². The van der Waals surface area contributed by atoms with Crippen LogP contribution < -0.4 is 4.90 Å². The second-order valence-electron chi connectivity index (χ2n) is 7.09. The predicted octanol–water partition coefficient (Wildman–Crippen LogP) is 2.54. The highest BCUT2D eigenvalue weighted by atomic mass is 35.5. The average molecular weight is 336 g/mol. The zero-order valence-electron chi connectivity index (χ0n) is 13.9. The lowest BCUT2D eigenvalue weighted by Crippen LogP contribution is -3.13. The Morgan fingerprint density at radius 1 is 1.17 bits per heavy atom. The molecular formula is C19H28ClN2O+. The van der Waals surface area contributed by atoms with Crippen LogP contribution in [0.3, 0.4) is 0 Å². The molecule has 1 aliphatic carbocycles. The molecule has 0 radical (unpaired) electrons. The van der Waals surface area contributed by atoms with Crippen molar-refractivity contribution in [2.24, 2.45) is 5.92 Å². The van der Waals surface area contributed by atoms with Crippen LogP contribution in [0, 0.1) is 5.92 Å². The number of nitrogens with one attached hydrogen (secondary N) is 1. The fourth-order valence-electron chi connectivity index (χ4n) is 3.94. The van der Waals surface area contributed by atoms with Gasteiger partial charge in [0.1, 0.15) is 6.54 Å². The van der Waals surface area contributed by atoms with E-state index in [-0.39, 0.29) is 0 Å². The number of carbonyl (C=O) groups is 1. The van der Waals surface area contributed by atoms with E-state index in [1.165, 1.54) is 36.1 Å². The maximum atomic E-state index is 12.4. The van der Waals surface area contributed by atoms with Gasteiger partial charge in [0.15, 0.2) is 0 Å². The van der Waals surface area contributed by atoms with Gasteiger partial charge in [-0.2, -0.15) is 0 Å². The molecule has 0 atom stereocenters. The number of nitrogens with zero attached hydrogens (tertiary/aromatic N) is 1. The SMILES string of the molecule is O=C(CCC1CCCC1)N1CC[NH+](Cc2ccccc2Cl)CC1. The van der Waals surface area contributed by atoms with Crippen molar-refractivity contribution in [1.29, 1.82) is 0 Å². The predicted molar refractivity (Wildman–Crippen MR) is 93.6 cm³/mol. The highest BCUT2D eigenvalue weighted by Crippen LogP contribution is 2.28. The first-order chi connectivity index (χ1) is 11.2. The van der Waals surface area contributed by atoms with Gasteiger partial charge < -0.3 is 9.80 Å². The van der Waals surface area contributed by atoms with Crippen LogP contribution in [0.25, 0.3) is 0 Å². The molecule has 1 saturated heterocycles. The molecule has 2 fully saturated rings. The number of halogens is 1. The van der Waals surface area contributed by atoms with Gasteiger partial charge in [0, 0.05) is 17.0 Å². The van der Waals surface area contributed by atoms with Crippen LogP contribution in [-0.2, 0) is 11.3 Å². The van der Waals surface area contributed by atoms with E-state index in [9.17, 15) is 4.79 Å². The van der Waals surface area contributed by atoms with E-state index in [1.54, 1.807) is 0 Å². The summed E-state index contributed by atoms with van der Waals surface area (Å²) in [5.74, 6) is 1.18. The molecule has 3 nitrogen and oxygen atoms in total. The summed E-state index contributed by atoms with van der Waals surface area (Å²) in [6.45, 7) is 4.80. The third-order valence-electron chi connectivity index (χ3n) is 5.46. The van der Waals surface area contributed by atoms with Gasteiger partial charge in [-0.3, -0.25) is 4.79 Å². The first-order valence-corrected chi connectivity index (χ1v) is 9.45. The molecule has 23 heavy (non-hydrogen) atoms. The molecule has 0 unspecified atom stereocenters. The molecule has 1 N–H and O–H groups in total. The van der Waals surface area contributed by atoms with Gasteiger partial charge in [-0.1, -0.05) is 55.5 Å². The summed E-state index contributed by atoms with van der Waals surface area (Å²) in [6, 6.07) is 8.08. The zero-order chi connectivity index (χ0) is 16.1. The molecule has 0 bridgehead atoms. The number of hydrogen-bond donors (Lipinski definition) is 1. The summed E-state index contributed by atoms with van der Waals surface area (Å²) in [5, 5.41) is 0.857. The number of piperazine rings is 1. The molecule has 0 aromatic heterocycles. The molecule has 1 heterocycles. The first kappa shape index (κ1) is 16.8. The molecule has 1 saturated carbocycles. The van der Waals surface area contributed by atoms with Crippen LogP contribution in [0.2, 0.25) is 5.02 Å². The molecule has 126 valence electrons. The maximum Gasteiger partial charge on any atom is 0.222 e. The van der Waals surface area contributed by atoms with Crippen LogP contribution in [0.15, 0.2) is 24.3 Å². The van der Waals surface area contributed by atoms with Crippen LogP contribution in [-0.4, -0.2) is 37.0 Å². The van der Waals surface area contributed by atoms with Crippen LogP contribution >= 0.6 is 11.6 Å². The molecule has 1 aliphatic heterocycles. The van der Waals surface area contributed by atoms with E-state index in [2.05, 4.69) is 11.0 Å². The number of rotatable bonds is 5. The maximum absolute atomic E-state index is 12.4. The van der Waals surface area contributed by atoms with Gasteiger partial charge in [-0.05, 0) is 18.4 Å². The third kappa shape index (κ3) is 4.71. The lowest BCUT2D eigenvalue weighted by Gasteiger charge is -2.32. The summed E-state index contributed by atoms with van der Waals surface area (Å²) in [7, 11) is 0. The number of amides is 1. The third-order valence-corrected chi connectivity index (χ3v) is 5.83. The molecule has 1 aromatic rings. The minimum Gasteiger partial charge on any atom is -0.331 e. The van der Waals surface area contributed by atoms with Crippen molar-refractivity contribution < 1.29 is 9.69 Å². The average Bonchev–Trinajstić information content (AvgIpc) is 3.09. The van der Waals surface area contributed by atoms with Crippen LogP contribution in [0.4, 0.5) is 0 Å². The normalized spacial score (nSPS) is 20.1. The number of benzene rings is 1. The largest absolute Gasteiger partial charge is 0.331 e. The van der Waals surface area contributed by atoms with Gasteiger partial charge in [0.25, 0.3) is 0 Å². The smallest absolute Gasteiger partial charge is 0.222 e. The molecule has 1 amide bonds. The number of hydrogen-bond acceptors (Lipinski definition) is 1. The number of quaternary nitrogens is 1. The molecule has 0 spiro atoms. The molecule has 4 heteroatoms. The van der Waals surface area contributed by atoms with E-state index in [1.807, 2.05) is 18.2 Å². The molecule has 3 rings (SSSR count). The fraction of sp³-hybridized carbons (Fsp3) is 0.632. The van der Waals surface area contributed by atoms with Gasteiger partial charge in [0.2, 0.25) is 5.91 Å². The van der Waals surface area contributed by atoms with Crippen LogP contribution in [0.1, 0.15) is 44.1 Å². The first-order valence-electron chi connectivity index (χ1n) is 9.07. The zero-order valence-corrected chi connectivity index (χ0v) is 14.7. The van der Waals surface area contributed by atoms with Crippen molar-refractivity contribution in [3.05, 3.63) is 34.9 Å². The highest BCUT2D eigenvalue weighted by molar-refractivity contribution is 6.31. The van der Waals surface area contributed by atoms with Gasteiger partial charge in [0.05, 0.1) is 26.2 Å². The quantitative estimate of drug-likeness (QED) is 0.878. The summed E-state index contributed by atoms with van der Waals surface area (Å²) in [6.07, 6.45) is 7.26. The lowest BCUT2D eigenvalue weighted by molar-refractivity contribution is -0.917. The minimum absolute atomic E-state index is 0.369. The monoisotopic (exact) mass is 335 g/mol. The summed E-state index contributed by atoms with van der Waals surface area (Å²) >= 11 is 6.25. The van der Waals surface area contributed by atoms with E-state index < -0.39 is 0 Å². The number of carbonyl (C=O) groups excluding carboxylic acids is 1. The van der Waals surface area contributed by atoms with Gasteiger partial charge in [-0.25, -0.2) is 0 Å². The van der Waals surface area contributed by atoms with Gasteiger partial charge >= 0.3 is 0 Å². The molecule has 1 aromatic carbocycles. The van der Waals surface area contributed by atoms with E-state index in [4.69, 9.17) is 11.6 Å². The Morgan fingerprint density at radius 3 is 2.57 bits per heavy atom. The van der Waals surface area contributed by atoms with Crippen molar-refractivity contribution >= 4 is 17.5 Å². The van der Waals surface area contributed by atoms with Crippen molar-refractivity contribution in [1.82, 2.24) is 4.90 Å². The summed E-state index contributed by atoms with van der Waals surface area (Å²) < 4.78 is 0. The Balaban J connectivity index is 1.41. The minimum atomic E-state index is 0.369. The molecular weight excluding hydrogens is 308 g/mol. The van der Waals surface area contributed by atoms with Crippen molar-refractivity contribution in [2.45, 2.75) is 45.1 Å². The topological polar surface area (TPSA) is 24.8 Å². The lowest BCUT2D eigenvalue weighted by atomic mass is 10.0. The van der Waals surface area contributed by atoms with E-state index in [0.29, 0.717) is 5.91 Å². The summed E-state index contributed by atoms with van der Waals surface area (Å²) in [4.78, 5) is 16.0. The fourth-order valence-corrected chi connectivity index (χ4v) is 4.15. The van der Waals surface area contributed by atoms with E-state index in [0.717, 1.165) is 56.5 Å². The van der Waals surface area contributed by atoms with Crippen molar-refractivity contribution in [3.8, 4) is 0 Å². The second kappa shape index (κ2) is 8.16. The summed E-state index contributed by atoms with van der Waals surface area (Å²) in [5.41, 5.74) is 1.21. The highest BCUT2D eigenvalue weighted by Gasteiger charge is 2.25. The van der Waals surface area contributed by atoms with E-state index >= 15 is 0 Å². The Kier molecular flexibility index (Phi) is 5.96.